The minimum absolute atomic E-state index is 0.112. The van der Waals surface area contributed by atoms with Crippen molar-refractivity contribution in [3.05, 3.63) is 41.1 Å². The summed E-state index contributed by atoms with van der Waals surface area (Å²) in [5, 5.41) is 6.97. The van der Waals surface area contributed by atoms with Crippen LogP contribution < -0.4 is 10.1 Å². The first-order chi connectivity index (χ1) is 14.5. The highest BCUT2D eigenvalue weighted by atomic mass is 35.5. The van der Waals surface area contributed by atoms with E-state index in [2.05, 4.69) is 15.4 Å². The predicted octanol–water partition coefficient (Wildman–Crippen LogP) is 1.81. The minimum atomic E-state index is -0.356. The van der Waals surface area contributed by atoms with E-state index < -0.39 is 0 Å². The molecular formula is C20H25ClN4O5. The number of ether oxygens (including phenoxy) is 2. The number of benzene rings is 1. The smallest absolute Gasteiger partial charge is 0.261 e. The lowest BCUT2D eigenvalue weighted by molar-refractivity contribution is -0.136. The van der Waals surface area contributed by atoms with Crippen LogP contribution in [0.5, 0.6) is 5.75 Å². The molecule has 0 unspecified atom stereocenters. The maximum absolute atomic E-state index is 12.8. The monoisotopic (exact) mass is 436 g/mol. The summed E-state index contributed by atoms with van der Waals surface area (Å²) in [6, 6.07) is 8.36. The molecular weight excluding hydrogens is 412 g/mol. The van der Waals surface area contributed by atoms with E-state index in [0.717, 1.165) is 13.1 Å². The lowest BCUT2D eigenvalue weighted by Gasteiger charge is -2.29. The average molecular weight is 437 g/mol. The van der Waals surface area contributed by atoms with Crippen LogP contribution in [0.2, 0.25) is 5.02 Å². The summed E-state index contributed by atoms with van der Waals surface area (Å²) in [7, 11) is 0. The van der Waals surface area contributed by atoms with E-state index in [4.69, 9.17) is 25.6 Å². The molecule has 1 N–H and O–H groups in total. The standard InChI is InChI=1S/C20H25ClN4O5/c1-15-12-18(23-30-15)22-19(26)13-25(7-6-24-8-10-28-11-9-24)20(27)14-29-17-4-2-16(21)3-5-17/h2-5,12H,6-11,13-14H2,1H3,(H,22,23,26). The number of hydrogen-bond acceptors (Lipinski definition) is 7. The fourth-order valence-electron chi connectivity index (χ4n) is 2.93. The molecule has 162 valence electrons. The molecule has 1 fully saturated rings. The van der Waals surface area contributed by atoms with Crippen molar-refractivity contribution in [3.8, 4) is 5.75 Å². The van der Waals surface area contributed by atoms with Crippen molar-refractivity contribution in [1.82, 2.24) is 15.0 Å². The van der Waals surface area contributed by atoms with Crippen LogP contribution in [0.3, 0.4) is 0 Å². The third-order valence-electron chi connectivity index (χ3n) is 4.55. The first kappa shape index (κ1) is 22.1. The number of aromatic nitrogens is 1. The summed E-state index contributed by atoms with van der Waals surface area (Å²) in [4.78, 5) is 28.9. The van der Waals surface area contributed by atoms with Crippen molar-refractivity contribution in [3.63, 3.8) is 0 Å². The molecule has 0 bridgehead atoms. The van der Waals surface area contributed by atoms with Crippen LogP contribution in [0.15, 0.2) is 34.9 Å². The first-order valence-corrected chi connectivity index (χ1v) is 10.1. The van der Waals surface area contributed by atoms with Gasteiger partial charge in [0.2, 0.25) is 5.91 Å². The predicted molar refractivity (Wildman–Crippen MR) is 111 cm³/mol. The molecule has 30 heavy (non-hydrogen) atoms. The van der Waals surface area contributed by atoms with Gasteiger partial charge in [-0.3, -0.25) is 14.5 Å². The normalized spacial score (nSPS) is 14.3. The topological polar surface area (TPSA) is 97.1 Å². The van der Waals surface area contributed by atoms with Crippen LogP contribution in [-0.2, 0) is 14.3 Å². The summed E-state index contributed by atoms with van der Waals surface area (Å²) in [6.45, 7) is 5.41. The Labute approximate surface area is 179 Å². The number of carbonyl (C=O) groups is 2. The lowest BCUT2D eigenvalue weighted by atomic mass is 10.3. The molecule has 0 atom stereocenters. The molecule has 0 saturated carbocycles. The summed E-state index contributed by atoms with van der Waals surface area (Å²) >= 11 is 5.86. The van der Waals surface area contributed by atoms with Crippen LogP contribution in [0, 0.1) is 6.92 Å². The summed E-state index contributed by atoms with van der Waals surface area (Å²) in [5.41, 5.74) is 0. The Kier molecular flexibility index (Phi) is 8.06. The largest absolute Gasteiger partial charge is 0.484 e. The zero-order chi connectivity index (χ0) is 21.3. The quantitative estimate of drug-likeness (QED) is 0.640. The third-order valence-corrected chi connectivity index (χ3v) is 4.80. The molecule has 1 aliphatic rings. The molecule has 1 saturated heterocycles. The number of morpholine rings is 1. The molecule has 1 aromatic heterocycles. The molecule has 0 aliphatic carbocycles. The van der Waals surface area contributed by atoms with Crippen molar-refractivity contribution in [2.24, 2.45) is 0 Å². The van der Waals surface area contributed by atoms with Crippen molar-refractivity contribution in [2.45, 2.75) is 6.92 Å². The second-order valence-electron chi connectivity index (χ2n) is 6.88. The van der Waals surface area contributed by atoms with Gasteiger partial charge in [0.1, 0.15) is 18.1 Å². The highest BCUT2D eigenvalue weighted by Crippen LogP contribution is 2.15. The van der Waals surface area contributed by atoms with Crippen LogP contribution in [0.1, 0.15) is 5.76 Å². The number of hydrogen-bond donors (Lipinski definition) is 1. The van der Waals surface area contributed by atoms with E-state index in [-0.39, 0.29) is 25.0 Å². The Bertz CT molecular complexity index is 836. The van der Waals surface area contributed by atoms with Gasteiger partial charge in [0.05, 0.1) is 13.2 Å². The molecule has 0 radical (unpaired) electrons. The Balaban J connectivity index is 1.57. The van der Waals surface area contributed by atoms with Gasteiger partial charge in [-0.05, 0) is 31.2 Å². The summed E-state index contributed by atoms with van der Waals surface area (Å²) in [6.07, 6.45) is 0. The SMILES string of the molecule is Cc1cc(NC(=O)CN(CCN2CCOCC2)C(=O)COc2ccc(Cl)cc2)no1. The van der Waals surface area contributed by atoms with Crippen LogP contribution >= 0.6 is 11.6 Å². The Morgan fingerprint density at radius 3 is 2.67 bits per heavy atom. The molecule has 3 rings (SSSR count). The van der Waals surface area contributed by atoms with Gasteiger partial charge in [0.15, 0.2) is 12.4 Å². The van der Waals surface area contributed by atoms with Crippen LogP contribution in [0.4, 0.5) is 5.82 Å². The number of aryl methyl sites for hydroxylation is 1. The Hall–Kier alpha value is -2.62. The zero-order valence-corrected chi connectivity index (χ0v) is 17.6. The number of carbonyl (C=O) groups excluding carboxylic acids is 2. The van der Waals surface area contributed by atoms with E-state index in [9.17, 15) is 9.59 Å². The molecule has 0 spiro atoms. The minimum Gasteiger partial charge on any atom is -0.484 e. The summed E-state index contributed by atoms with van der Waals surface area (Å²) < 4.78 is 15.9. The molecule has 1 aromatic carbocycles. The van der Waals surface area contributed by atoms with Gasteiger partial charge in [0, 0.05) is 37.3 Å². The van der Waals surface area contributed by atoms with Crippen molar-refractivity contribution in [2.75, 3.05) is 57.9 Å². The van der Waals surface area contributed by atoms with Gasteiger partial charge in [-0.2, -0.15) is 0 Å². The van der Waals surface area contributed by atoms with Gasteiger partial charge >= 0.3 is 0 Å². The lowest BCUT2D eigenvalue weighted by Crippen LogP contribution is -2.46. The van der Waals surface area contributed by atoms with Crippen molar-refractivity contribution < 1.29 is 23.6 Å². The highest BCUT2D eigenvalue weighted by Gasteiger charge is 2.20. The molecule has 2 amide bonds. The van der Waals surface area contributed by atoms with E-state index in [1.54, 1.807) is 37.3 Å². The number of halogens is 1. The highest BCUT2D eigenvalue weighted by molar-refractivity contribution is 6.30. The van der Waals surface area contributed by atoms with Gasteiger partial charge in [0.25, 0.3) is 5.91 Å². The van der Waals surface area contributed by atoms with Gasteiger partial charge in [-0.15, -0.1) is 0 Å². The number of nitrogens with one attached hydrogen (secondary N) is 1. The average Bonchev–Trinajstić information content (AvgIpc) is 3.15. The van der Waals surface area contributed by atoms with Gasteiger partial charge < -0.3 is 24.2 Å². The fourth-order valence-corrected chi connectivity index (χ4v) is 3.05. The Morgan fingerprint density at radius 2 is 2.00 bits per heavy atom. The van der Waals surface area contributed by atoms with Gasteiger partial charge in [-0.25, -0.2) is 0 Å². The first-order valence-electron chi connectivity index (χ1n) is 9.69. The number of amides is 2. The van der Waals surface area contributed by atoms with Gasteiger partial charge in [-0.1, -0.05) is 16.8 Å². The number of rotatable bonds is 9. The van der Waals surface area contributed by atoms with E-state index in [1.807, 2.05) is 0 Å². The molecule has 1 aliphatic heterocycles. The van der Waals surface area contributed by atoms with E-state index in [0.29, 0.717) is 48.7 Å². The molecule has 9 nitrogen and oxygen atoms in total. The molecule has 2 aromatic rings. The number of anilines is 1. The molecule has 10 heteroatoms. The zero-order valence-electron chi connectivity index (χ0n) is 16.8. The Morgan fingerprint density at radius 1 is 1.27 bits per heavy atom. The van der Waals surface area contributed by atoms with Crippen LogP contribution in [0.25, 0.3) is 0 Å². The molecule has 2 heterocycles. The third kappa shape index (κ3) is 7.01. The fraction of sp³-hybridized carbons (Fsp3) is 0.450. The maximum Gasteiger partial charge on any atom is 0.261 e. The maximum atomic E-state index is 12.8. The van der Waals surface area contributed by atoms with Crippen molar-refractivity contribution >= 4 is 29.2 Å². The van der Waals surface area contributed by atoms with Crippen LogP contribution in [-0.4, -0.2) is 79.3 Å². The van der Waals surface area contributed by atoms with E-state index in [1.165, 1.54) is 4.90 Å². The second-order valence-corrected chi connectivity index (χ2v) is 7.32. The van der Waals surface area contributed by atoms with Crippen molar-refractivity contribution in [1.29, 1.82) is 0 Å². The van der Waals surface area contributed by atoms with E-state index >= 15 is 0 Å². The second kappa shape index (κ2) is 11.0. The summed E-state index contributed by atoms with van der Waals surface area (Å²) in [5.74, 6) is 0.788. The number of nitrogens with zero attached hydrogens (tertiary/aromatic N) is 3.